The second kappa shape index (κ2) is 9.68. The summed E-state index contributed by atoms with van der Waals surface area (Å²) in [5, 5.41) is 5.45. The molecule has 0 heterocycles. The highest BCUT2D eigenvalue weighted by Gasteiger charge is 2.04. The molecule has 0 fully saturated rings. The predicted octanol–water partition coefficient (Wildman–Crippen LogP) is 2.66. The van der Waals surface area contributed by atoms with E-state index in [1.54, 1.807) is 54.2 Å². The first-order valence-corrected chi connectivity index (χ1v) is 8.93. The van der Waals surface area contributed by atoms with Crippen LogP contribution in [0.1, 0.15) is 21.5 Å². The topological polar surface area (TPSA) is 84.2 Å². The van der Waals surface area contributed by atoms with E-state index in [0.29, 0.717) is 35.7 Å². The van der Waals surface area contributed by atoms with Crippen LogP contribution in [0.5, 0.6) is 0 Å². The van der Waals surface area contributed by atoms with Crippen molar-refractivity contribution in [3.8, 4) is 0 Å². The summed E-state index contributed by atoms with van der Waals surface area (Å²) in [6.07, 6.45) is 0. The number of carbonyl (C=O) groups excluding carboxylic acids is 2. The number of hydrogen-bond acceptors (Lipinski definition) is 3. The molecule has 0 radical (unpaired) electrons. The van der Waals surface area contributed by atoms with Crippen LogP contribution in [-0.2, 0) is 12.3 Å². The fourth-order valence-electron chi connectivity index (χ4n) is 2.11. The molecule has 0 aliphatic rings. The molecule has 0 saturated carbocycles. The number of primary amides is 1. The number of nitrogens with two attached hydrogens (primary N) is 1. The minimum Gasteiger partial charge on any atom is -0.366 e. The number of hydrogen-bond donors (Lipinski definition) is 3. The third kappa shape index (κ3) is 6.46. The molecule has 132 valence electrons. The van der Waals surface area contributed by atoms with Crippen LogP contribution in [0.4, 0.5) is 9.18 Å². The summed E-state index contributed by atoms with van der Waals surface area (Å²) in [5.74, 6) is 0.534. The number of thioether (sulfide) groups is 1. The number of urea groups is 1. The van der Waals surface area contributed by atoms with Crippen molar-refractivity contribution in [1.29, 1.82) is 0 Å². The number of benzene rings is 2. The Kier molecular flexibility index (Phi) is 7.28. The van der Waals surface area contributed by atoms with Gasteiger partial charge in [-0.05, 0) is 29.3 Å². The van der Waals surface area contributed by atoms with E-state index in [1.807, 2.05) is 0 Å². The van der Waals surface area contributed by atoms with E-state index < -0.39 is 5.91 Å². The lowest BCUT2D eigenvalue weighted by Crippen LogP contribution is -2.36. The lowest BCUT2D eigenvalue weighted by molar-refractivity contribution is 0.1000. The van der Waals surface area contributed by atoms with Crippen molar-refractivity contribution < 1.29 is 14.0 Å². The van der Waals surface area contributed by atoms with Crippen LogP contribution in [0.3, 0.4) is 0 Å². The zero-order valence-electron chi connectivity index (χ0n) is 13.6. The monoisotopic (exact) mass is 361 g/mol. The summed E-state index contributed by atoms with van der Waals surface area (Å²) in [7, 11) is 0. The van der Waals surface area contributed by atoms with Crippen LogP contribution in [0.25, 0.3) is 0 Å². The minimum atomic E-state index is -0.502. The molecule has 0 aromatic heterocycles. The van der Waals surface area contributed by atoms with E-state index in [9.17, 15) is 14.0 Å². The molecule has 5 nitrogen and oxygen atoms in total. The molecule has 4 N–H and O–H groups in total. The first-order valence-electron chi connectivity index (χ1n) is 7.78. The van der Waals surface area contributed by atoms with Crippen molar-refractivity contribution >= 4 is 23.7 Å². The normalized spacial score (nSPS) is 10.3. The second-order valence-corrected chi connectivity index (χ2v) is 6.42. The van der Waals surface area contributed by atoms with Gasteiger partial charge in [0, 0.05) is 30.2 Å². The maximum Gasteiger partial charge on any atom is 0.315 e. The van der Waals surface area contributed by atoms with Crippen molar-refractivity contribution in [2.45, 2.75) is 12.3 Å². The van der Waals surface area contributed by atoms with Gasteiger partial charge in [-0.3, -0.25) is 4.79 Å². The van der Waals surface area contributed by atoms with E-state index >= 15 is 0 Å². The van der Waals surface area contributed by atoms with Crippen LogP contribution in [0.2, 0.25) is 0 Å². The van der Waals surface area contributed by atoms with E-state index in [4.69, 9.17) is 5.73 Å². The molecule has 0 aliphatic heterocycles. The fourth-order valence-corrected chi connectivity index (χ4v) is 2.96. The zero-order chi connectivity index (χ0) is 18.1. The van der Waals surface area contributed by atoms with E-state index in [-0.39, 0.29) is 11.8 Å². The van der Waals surface area contributed by atoms with E-state index in [0.717, 1.165) is 5.56 Å². The van der Waals surface area contributed by atoms with Crippen molar-refractivity contribution in [3.63, 3.8) is 0 Å². The quantitative estimate of drug-likeness (QED) is 0.632. The lowest BCUT2D eigenvalue weighted by Gasteiger charge is -2.08. The van der Waals surface area contributed by atoms with Crippen LogP contribution < -0.4 is 16.4 Å². The Morgan fingerprint density at radius 1 is 1.08 bits per heavy atom. The summed E-state index contributed by atoms with van der Waals surface area (Å²) in [4.78, 5) is 22.9. The van der Waals surface area contributed by atoms with E-state index in [2.05, 4.69) is 10.6 Å². The highest BCUT2D eigenvalue weighted by molar-refractivity contribution is 7.98. The number of halogens is 1. The molecule has 7 heteroatoms. The molecule has 0 aliphatic carbocycles. The molecule has 2 aromatic carbocycles. The number of nitrogens with one attached hydrogen (secondary N) is 2. The second-order valence-electron chi connectivity index (χ2n) is 5.32. The summed E-state index contributed by atoms with van der Waals surface area (Å²) in [6.45, 7) is 0.779. The largest absolute Gasteiger partial charge is 0.366 e. The number of rotatable bonds is 8. The van der Waals surface area contributed by atoms with Crippen LogP contribution in [-0.4, -0.2) is 24.2 Å². The highest BCUT2D eigenvalue weighted by atomic mass is 32.2. The van der Waals surface area contributed by atoms with Crippen LogP contribution >= 0.6 is 11.8 Å². The summed E-state index contributed by atoms with van der Waals surface area (Å²) in [5.41, 5.74) is 7.08. The average Bonchev–Trinajstić information content (AvgIpc) is 2.61. The van der Waals surface area contributed by atoms with Gasteiger partial charge in [0.05, 0.1) is 0 Å². The average molecular weight is 361 g/mol. The van der Waals surface area contributed by atoms with Gasteiger partial charge in [-0.1, -0.05) is 30.3 Å². The molecular weight excluding hydrogens is 341 g/mol. The minimum absolute atomic E-state index is 0.209. The van der Waals surface area contributed by atoms with E-state index in [1.165, 1.54) is 6.07 Å². The Labute approximate surface area is 150 Å². The fraction of sp³-hybridized carbons (Fsp3) is 0.222. The number of amides is 3. The lowest BCUT2D eigenvalue weighted by atomic mass is 10.1. The zero-order valence-corrected chi connectivity index (χ0v) is 14.4. The summed E-state index contributed by atoms with van der Waals surface area (Å²) in [6, 6.07) is 13.1. The van der Waals surface area contributed by atoms with Gasteiger partial charge in [0.25, 0.3) is 0 Å². The number of carbonyl (C=O) groups is 2. The standard InChI is InChI=1S/C18H20FN3O2S/c19-16-7-2-1-5-15(16)12-25-9-8-21-18(24)22-11-13-4-3-6-14(10-13)17(20)23/h1-7,10H,8-9,11-12H2,(H2,20,23)(H2,21,22,24). The van der Waals surface area contributed by atoms with Crippen LogP contribution in [0.15, 0.2) is 48.5 Å². The third-order valence-corrected chi connectivity index (χ3v) is 4.42. The molecule has 2 rings (SSSR count). The van der Waals surface area contributed by atoms with Gasteiger partial charge < -0.3 is 16.4 Å². The smallest absolute Gasteiger partial charge is 0.315 e. The molecule has 25 heavy (non-hydrogen) atoms. The maximum absolute atomic E-state index is 13.4. The van der Waals surface area contributed by atoms with Gasteiger partial charge in [-0.25, -0.2) is 9.18 Å². The maximum atomic E-state index is 13.4. The molecule has 0 atom stereocenters. The Hall–Kier alpha value is -2.54. The van der Waals surface area contributed by atoms with Crippen molar-refractivity contribution in [2.24, 2.45) is 5.73 Å². The van der Waals surface area contributed by atoms with Crippen molar-refractivity contribution in [1.82, 2.24) is 10.6 Å². The molecule has 0 unspecified atom stereocenters. The van der Waals surface area contributed by atoms with Gasteiger partial charge in [0.1, 0.15) is 5.82 Å². The van der Waals surface area contributed by atoms with Gasteiger partial charge in [0.15, 0.2) is 0 Å². The van der Waals surface area contributed by atoms with Gasteiger partial charge in [-0.2, -0.15) is 11.8 Å². The van der Waals surface area contributed by atoms with Crippen LogP contribution in [0, 0.1) is 5.82 Å². The Balaban J connectivity index is 1.63. The Morgan fingerprint density at radius 3 is 2.64 bits per heavy atom. The molecular formula is C18H20FN3O2S. The van der Waals surface area contributed by atoms with Gasteiger partial charge in [-0.15, -0.1) is 0 Å². The molecule has 0 saturated heterocycles. The molecule has 0 bridgehead atoms. The first kappa shape index (κ1) is 18.8. The van der Waals surface area contributed by atoms with Gasteiger partial charge >= 0.3 is 6.03 Å². The predicted molar refractivity (Wildman–Crippen MR) is 97.8 cm³/mol. The Morgan fingerprint density at radius 2 is 1.88 bits per heavy atom. The Bertz CT molecular complexity index is 740. The van der Waals surface area contributed by atoms with Crippen molar-refractivity contribution in [2.75, 3.05) is 12.3 Å². The van der Waals surface area contributed by atoms with Gasteiger partial charge in [0.2, 0.25) is 5.91 Å². The molecule has 0 spiro atoms. The SMILES string of the molecule is NC(=O)c1cccc(CNC(=O)NCCSCc2ccccc2F)c1. The third-order valence-electron chi connectivity index (χ3n) is 3.41. The molecule has 2 aromatic rings. The van der Waals surface area contributed by atoms with Crippen molar-refractivity contribution in [3.05, 3.63) is 71.0 Å². The highest BCUT2D eigenvalue weighted by Crippen LogP contribution is 2.14. The first-order chi connectivity index (χ1) is 12.1. The summed E-state index contributed by atoms with van der Waals surface area (Å²) >= 11 is 1.55. The molecule has 3 amide bonds. The summed E-state index contributed by atoms with van der Waals surface area (Å²) < 4.78 is 13.4.